The van der Waals surface area contributed by atoms with Gasteiger partial charge < -0.3 is 45.3 Å². The van der Waals surface area contributed by atoms with Crippen molar-refractivity contribution >= 4 is 40.4 Å². The average molecular weight is 681 g/mol. The number of para-hydroxylation sites is 1. The Hall–Kier alpha value is -4.01. The van der Waals surface area contributed by atoms with E-state index in [0.29, 0.717) is 51.7 Å². The van der Waals surface area contributed by atoms with Crippen LogP contribution in [0.5, 0.6) is 0 Å². The zero-order chi connectivity index (χ0) is 34.7. The van der Waals surface area contributed by atoms with Crippen molar-refractivity contribution in [1.29, 1.82) is 0 Å². The SMILES string of the molecule is CC(C)C[C@H]1NC(=O)[C@H]2CCCN2C(=O)[C@@H](Cc2c[nH]c3ccccc23)NC(=O)CN(C(=O)[C@@H]2CCCO2)C[C@H]2OCC[C@H](NC1=O)[C@@H]2O. The van der Waals surface area contributed by atoms with E-state index >= 15 is 0 Å². The number of aromatic amines is 1. The zero-order valence-electron chi connectivity index (χ0n) is 28.2. The Morgan fingerprint density at radius 3 is 2.55 bits per heavy atom. The standard InChI is InChI=1S/C35H48N6O8/c1-20(2)15-25-32(44)38-24-11-14-49-29(31(24)43)18-40(35(47)28-10-6-13-48-28)19-30(42)37-26(16-21-17-36-23-8-4-3-7-22(21)23)34(46)41-12-5-9-27(41)33(45)39-25/h3-4,7-8,17,20,24-29,31,36,43H,5-6,9-16,18-19H2,1-2H3,(H,37,42)(H,38,44)(H,39,45)/t24-,25+,26+,27+,28-,29+,31-/m0/s1. The van der Waals surface area contributed by atoms with Crippen LogP contribution in [-0.2, 0) is 39.9 Å². The van der Waals surface area contributed by atoms with Crippen LogP contribution in [0.15, 0.2) is 30.5 Å². The highest BCUT2D eigenvalue weighted by atomic mass is 16.5. The molecule has 7 atom stereocenters. The van der Waals surface area contributed by atoms with E-state index in [4.69, 9.17) is 9.47 Å². The summed E-state index contributed by atoms with van der Waals surface area (Å²) in [7, 11) is 0. The maximum Gasteiger partial charge on any atom is 0.252 e. The van der Waals surface area contributed by atoms with Crippen LogP contribution in [0, 0.1) is 5.92 Å². The van der Waals surface area contributed by atoms with Crippen LogP contribution in [0.25, 0.3) is 10.9 Å². The van der Waals surface area contributed by atoms with E-state index < -0.39 is 78.6 Å². The Labute approximate surface area is 285 Å². The molecule has 266 valence electrons. The number of hydrogen-bond donors (Lipinski definition) is 5. The number of hydrogen-bond acceptors (Lipinski definition) is 8. The van der Waals surface area contributed by atoms with Gasteiger partial charge >= 0.3 is 0 Å². The predicted molar refractivity (Wildman–Crippen MR) is 178 cm³/mol. The lowest BCUT2D eigenvalue weighted by molar-refractivity contribution is -0.152. The normalized spacial score (nSPS) is 30.6. The molecule has 0 unspecified atom stereocenters. The summed E-state index contributed by atoms with van der Waals surface area (Å²) in [5, 5.41) is 21.0. The maximum atomic E-state index is 14.4. The number of aromatic nitrogens is 1. The third-order valence-corrected chi connectivity index (χ3v) is 10.0. The quantitative estimate of drug-likeness (QED) is 0.300. The van der Waals surface area contributed by atoms with Gasteiger partial charge in [0.1, 0.15) is 36.4 Å². The van der Waals surface area contributed by atoms with Crippen molar-refractivity contribution in [3.05, 3.63) is 36.0 Å². The van der Waals surface area contributed by atoms with E-state index in [1.54, 1.807) is 6.20 Å². The molecule has 4 fully saturated rings. The molecule has 1 aromatic carbocycles. The molecule has 14 nitrogen and oxygen atoms in total. The van der Waals surface area contributed by atoms with Gasteiger partial charge in [0.2, 0.25) is 23.6 Å². The number of fused-ring (bicyclic) bond motifs is 4. The van der Waals surface area contributed by atoms with Gasteiger partial charge in [0.05, 0.1) is 19.1 Å². The Bertz CT molecular complexity index is 1540. The van der Waals surface area contributed by atoms with Crippen LogP contribution >= 0.6 is 0 Å². The molecule has 4 aliphatic rings. The fourth-order valence-corrected chi connectivity index (χ4v) is 7.51. The summed E-state index contributed by atoms with van der Waals surface area (Å²) in [6, 6.07) is 4.18. The molecular formula is C35H48N6O8. The molecule has 5 heterocycles. The molecule has 4 saturated heterocycles. The van der Waals surface area contributed by atoms with E-state index in [1.807, 2.05) is 38.1 Å². The number of H-pyrrole nitrogens is 1. The van der Waals surface area contributed by atoms with Crippen LogP contribution in [0.3, 0.4) is 0 Å². The van der Waals surface area contributed by atoms with Gasteiger partial charge in [-0.2, -0.15) is 0 Å². The molecule has 6 rings (SSSR count). The lowest BCUT2D eigenvalue weighted by Crippen LogP contribution is -2.60. The van der Waals surface area contributed by atoms with Gasteiger partial charge in [0, 0.05) is 43.3 Å². The first kappa shape index (κ1) is 34.8. The minimum absolute atomic E-state index is 0.0620. The van der Waals surface area contributed by atoms with Crippen molar-refractivity contribution in [3.63, 3.8) is 0 Å². The first-order valence-electron chi connectivity index (χ1n) is 17.5. The van der Waals surface area contributed by atoms with E-state index in [1.165, 1.54) is 9.80 Å². The number of benzene rings is 1. The van der Waals surface area contributed by atoms with E-state index in [2.05, 4.69) is 20.9 Å². The number of ether oxygens (including phenoxy) is 2. The molecule has 14 heteroatoms. The van der Waals surface area contributed by atoms with Gasteiger partial charge in [-0.3, -0.25) is 24.0 Å². The number of nitrogens with one attached hydrogen (secondary N) is 4. The Balaban J connectivity index is 1.35. The molecule has 1 aromatic heterocycles. The van der Waals surface area contributed by atoms with Crippen LogP contribution in [-0.4, -0.2) is 125 Å². The second-order valence-electron chi connectivity index (χ2n) is 14.1. The summed E-state index contributed by atoms with van der Waals surface area (Å²) < 4.78 is 11.6. The third-order valence-electron chi connectivity index (χ3n) is 10.0. The van der Waals surface area contributed by atoms with Crippen LogP contribution in [0.2, 0.25) is 0 Å². The van der Waals surface area contributed by atoms with Gasteiger partial charge in [0.15, 0.2) is 0 Å². The van der Waals surface area contributed by atoms with E-state index in [9.17, 15) is 29.1 Å². The maximum absolute atomic E-state index is 14.4. The molecule has 0 aliphatic carbocycles. The minimum atomic E-state index is -1.19. The molecule has 0 saturated carbocycles. The van der Waals surface area contributed by atoms with Crippen LogP contribution < -0.4 is 16.0 Å². The van der Waals surface area contributed by atoms with E-state index in [0.717, 1.165) is 16.5 Å². The van der Waals surface area contributed by atoms with Crippen LogP contribution in [0.1, 0.15) is 57.9 Å². The minimum Gasteiger partial charge on any atom is -0.388 e. The number of rotatable bonds is 5. The lowest BCUT2D eigenvalue weighted by Gasteiger charge is -2.38. The fourth-order valence-electron chi connectivity index (χ4n) is 7.51. The highest BCUT2D eigenvalue weighted by molar-refractivity contribution is 5.96. The topological polar surface area (TPSA) is 182 Å². The lowest BCUT2D eigenvalue weighted by atomic mass is 9.97. The summed E-state index contributed by atoms with van der Waals surface area (Å²) in [6.07, 6.45) is 1.99. The number of nitrogens with zero attached hydrogens (tertiary/aromatic N) is 2. The number of amides is 5. The Kier molecular flexibility index (Phi) is 10.8. The molecule has 5 amide bonds. The monoisotopic (exact) mass is 680 g/mol. The fraction of sp³-hybridized carbons (Fsp3) is 0.629. The summed E-state index contributed by atoms with van der Waals surface area (Å²) in [5.74, 6) is -2.20. The summed E-state index contributed by atoms with van der Waals surface area (Å²) in [6.45, 7) is 4.32. The third kappa shape index (κ3) is 7.92. The second-order valence-corrected chi connectivity index (χ2v) is 14.1. The largest absolute Gasteiger partial charge is 0.388 e. The number of carbonyl (C=O) groups is 5. The predicted octanol–water partition coefficient (Wildman–Crippen LogP) is 0.373. The van der Waals surface area contributed by atoms with Gasteiger partial charge in [-0.15, -0.1) is 0 Å². The molecule has 0 spiro atoms. The highest BCUT2D eigenvalue weighted by Gasteiger charge is 2.42. The number of aliphatic hydroxyl groups excluding tert-OH is 1. The van der Waals surface area contributed by atoms with Crippen LogP contribution in [0.4, 0.5) is 0 Å². The number of carbonyl (C=O) groups excluding carboxylic acids is 5. The number of aliphatic hydroxyl groups is 1. The van der Waals surface area contributed by atoms with Crippen molar-refractivity contribution in [1.82, 2.24) is 30.7 Å². The van der Waals surface area contributed by atoms with Crippen molar-refractivity contribution in [2.24, 2.45) is 5.92 Å². The van der Waals surface area contributed by atoms with Crippen molar-refractivity contribution in [2.75, 3.05) is 32.8 Å². The summed E-state index contributed by atoms with van der Waals surface area (Å²) >= 11 is 0. The van der Waals surface area contributed by atoms with Crippen molar-refractivity contribution < 1.29 is 38.6 Å². The van der Waals surface area contributed by atoms with Gasteiger partial charge in [-0.1, -0.05) is 32.0 Å². The molecule has 2 aromatic rings. The average Bonchev–Trinajstić information content (AvgIpc) is 3.86. The smallest absolute Gasteiger partial charge is 0.252 e. The molecule has 2 bridgehead atoms. The first-order valence-corrected chi connectivity index (χ1v) is 17.5. The summed E-state index contributed by atoms with van der Waals surface area (Å²) in [5.41, 5.74) is 1.69. The van der Waals surface area contributed by atoms with Gasteiger partial charge in [0.25, 0.3) is 5.91 Å². The highest BCUT2D eigenvalue weighted by Crippen LogP contribution is 2.25. The van der Waals surface area contributed by atoms with Crippen molar-refractivity contribution in [2.45, 2.75) is 101 Å². The van der Waals surface area contributed by atoms with Gasteiger partial charge in [-0.05, 0) is 56.1 Å². The molecule has 5 N–H and O–H groups in total. The Morgan fingerprint density at radius 2 is 1.78 bits per heavy atom. The van der Waals surface area contributed by atoms with Gasteiger partial charge in [-0.25, -0.2) is 0 Å². The van der Waals surface area contributed by atoms with E-state index in [-0.39, 0.29) is 25.5 Å². The van der Waals surface area contributed by atoms with Crippen molar-refractivity contribution in [3.8, 4) is 0 Å². The summed E-state index contributed by atoms with van der Waals surface area (Å²) in [4.78, 5) is 75.4. The molecule has 4 aliphatic heterocycles. The molecule has 0 radical (unpaired) electrons. The zero-order valence-corrected chi connectivity index (χ0v) is 28.2. The first-order chi connectivity index (χ1) is 23.6. The molecular weight excluding hydrogens is 632 g/mol. The Morgan fingerprint density at radius 1 is 0.959 bits per heavy atom. The molecule has 49 heavy (non-hydrogen) atoms. The second kappa shape index (κ2) is 15.3.